The van der Waals surface area contributed by atoms with Crippen molar-refractivity contribution in [1.29, 1.82) is 0 Å². The molecule has 4 nitrogen and oxygen atoms in total. The fourth-order valence-electron chi connectivity index (χ4n) is 2.96. The molecule has 0 radical (unpaired) electrons. The van der Waals surface area contributed by atoms with Gasteiger partial charge in [-0.25, -0.2) is 4.39 Å². The van der Waals surface area contributed by atoms with Crippen molar-refractivity contribution in [1.82, 2.24) is 0 Å². The fraction of sp³-hybridized carbons (Fsp3) is 0.192. The van der Waals surface area contributed by atoms with Crippen molar-refractivity contribution in [2.24, 2.45) is 0 Å². The number of methoxy groups -OCH3 is 1. The van der Waals surface area contributed by atoms with Crippen molar-refractivity contribution >= 4 is 11.4 Å². The van der Waals surface area contributed by atoms with Gasteiger partial charge in [-0.05, 0) is 78.2 Å². The zero-order chi connectivity index (χ0) is 22.1. The Bertz CT molecular complexity index is 1010. The van der Waals surface area contributed by atoms with Crippen LogP contribution in [0.5, 0.6) is 11.5 Å². The van der Waals surface area contributed by atoms with E-state index in [-0.39, 0.29) is 11.6 Å². The Morgan fingerprint density at radius 3 is 1.87 bits per heavy atom. The summed E-state index contributed by atoms with van der Waals surface area (Å²) in [5, 5.41) is 0. The summed E-state index contributed by atoms with van der Waals surface area (Å²) in [5.74, 6) is 0.981. The molecule has 0 N–H and O–H groups in total. The van der Waals surface area contributed by atoms with E-state index < -0.39 is 0 Å². The Kier molecular flexibility index (Phi) is 7.96. The van der Waals surface area contributed by atoms with Crippen LogP contribution in [0.25, 0.3) is 5.57 Å². The van der Waals surface area contributed by atoms with Crippen LogP contribution in [0.1, 0.15) is 28.4 Å². The summed E-state index contributed by atoms with van der Waals surface area (Å²) in [6.45, 7) is 3.28. The topological polar surface area (TPSA) is 44.8 Å². The lowest BCUT2D eigenvalue weighted by molar-refractivity contribution is 0.104. The average Bonchev–Trinajstić information content (AvgIpc) is 2.79. The Hall–Kier alpha value is -3.44. The smallest absolute Gasteiger partial charge is 0.186 e. The third kappa shape index (κ3) is 6.79. The normalized spacial score (nSPS) is 11.3. The van der Waals surface area contributed by atoms with Crippen molar-refractivity contribution < 1.29 is 23.4 Å². The number of carbonyl (C=O) groups excluding carboxylic acids is 1. The molecule has 0 spiro atoms. The van der Waals surface area contributed by atoms with Gasteiger partial charge in [0.2, 0.25) is 0 Å². The largest absolute Gasteiger partial charge is 0.490 e. The molecular formula is C26H25FO4. The summed E-state index contributed by atoms with van der Waals surface area (Å²) in [4.78, 5) is 12.3. The Balaban J connectivity index is 1.48. The van der Waals surface area contributed by atoms with Crippen LogP contribution in [0.3, 0.4) is 0 Å². The number of ketones is 1. The number of rotatable bonds is 10. The minimum absolute atomic E-state index is 0.162. The summed E-state index contributed by atoms with van der Waals surface area (Å²) < 4.78 is 29.5. The molecule has 5 heteroatoms. The standard InChI is InChI=1S/C26H25FO4/c1-19(17-26(28)22-5-9-23(27)10-6-22)21-7-13-25(14-8-21)31-16-15-30-24-11-3-20(4-12-24)18-29-2/h3-14,17H,15-16,18H2,1-2H3/b19-17+. The summed E-state index contributed by atoms with van der Waals surface area (Å²) in [5.41, 5.74) is 3.28. The first-order valence-electron chi connectivity index (χ1n) is 9.97. The molecule has 0 aliphatic rings. The van der Waals surface area contributed by atoms with Gasteiger partial charge in [0.05, 0.1) is 6.61 Å². The van der Waals surface area contributed by atoms with Crippen LogP contribution in [0.4, 0.5) is 4.39 Å². The molecule has 0 heterocycles. The highest BCUT2D eigenvalue weighted by Crippen LogP contribution is 2.20. The molecule has 0 bridgehead atoms. The van der Waals surface area contributed by atoms with Gasteiger partial charge in [0, 0.05) is 12.7 Å². The third-order valence-corrected chi connectivity index (χ3v) is 4.64. The summed E-state index contributed by atoms with van der Waals surface area (Å²) >= 11 is 0. The number of hydrogen-bond acceptors (Lipinski definition) is 4. The lowest BCUT2D eigenvalue weighted by Crippen LogP contribution is -2.09. The van der Waals surface area contributed by atoms with E-state index >= 15 is 0 Å². The van der Waals surface area contributed by atoms with Crippen LogP contribution in [-0.2, 0) is 11.3 Å². The molecule has 160 valence electrons. The molecule has 0 atom stereocenters. The maximum absolute atomic E-state index is 13.0. The lowest BCUT2D eigenvalue weighted by atomic mass is 10.0. The van der Waals surface area contributed by atoms with Gasteiger partial charge in [-0.2, -0.15) is 0 Å². The number of hydrogen-bond donors (Lipinski definition) is 0. The highest BCUT2D eigenvalue weighted by Gasteiger charge is 2.05. The highest BCUT2D eigenvalue weighted by atomic mass is 19.1. The molecule has 3 aromatic rings. The maximum Gasteiger partial charge on any atom is 0.186 e. The van der Waals surface area contributed by atoms with Crippen molar-refractivity contribution in [2.75, 3.05) is 20.3 Å². The third-order valence-electron chi connectivity index (χ3n) is 4.64. The molecule has 3 aromatic carbocycles. The predicted octanol–water partition coefficient (Wildman–Crippen LogP) is 5.72. The molecule has 0 saturated heterocycles. The number of carbonyl (C=O) groups is 1. The maximum atomic E-state index is 13.0. The molecule has 0 aliphatic heterocycles. The van der Waals surface area contributed by atoms with Crippen molar-refractivity contribution in [3.8, 4) is 11.5 Å². The van der Waals surface area contributed by atoms with Crippen LogP contribution in [0.2, 0.25) is 0 Å². The first-order valence-corrected chi connectivity index (χ1v) is 9.97. The van der Waals surface area contributed by atoms with Crippen molar-refractivity contribution in [2.45, 2.75) is 13.5 Å². The number of halogens is 1. The van der Waals surface area contributed by atoms with Crippen molar-refractivity contribution in [3.63, 3.8) is 0 Å². The van der Waals surface area contributed by atoms with Crippen molar-refractivity contribution in [3.05, 3.63) is 101 Å². The van der Waals surface area contributed by atoms with E-state index in [1.807, 2.05) is 55.5 Å². The van der Waals surface area contributed by atoms with E-state index in [1.165, 1.54) is 24.3 Å². The second-order valence-corrected chi connectivity index (χ2v) is 7.00. The van der Waals surface area contributed by atoms with Crippen LogP contribution in [0, 0.1) is 5.82 Å². The van der Waals surface area contributed by atoms with Gasteiger partial charge < -0.3 is 14.2 Å². The zero-order valence-electron chi connectivity index (χ0n) is 17.6. The molecular weight excluding hydrogens is 395 g/mol. The number of benzene rings is 3. The summed E-state index contributed by atoms with van der Waals surface area (Å²) in [7, 11) is 1.67. The quantitative estimate of drug-likeness (QED) is 0.239. The predicted molar refractivity (Wildman–Crippen MR) is 119 cm³/mol. The van der Waals surface area contributed by atoms with E-state index in [4.69, 9.17) is 14.2 Å². The Morgan fingerprint density at radius 1 is 0.806 bits per heavy atom. The Morgan fingerprint density at radius 2 is 1.32 bits per heavy atom. The molecule has 0 aromatic heterocycles. The van der Waals surface area contributed by atoms with Gasteiger partial charge >= 0.3 is 0 Å². The second kappa shape index (κ2) is 11.1. The minimum atomic E-state index is -0.363. The first-order chi connectivity index (χ1) is 15.0. The zero-order valence-corrected chi connectivity index (χ0v) is 17.6. The fourth-order valence-corrected chi connectivity index (χ4v) is 2.96. The van der Waals surface area contributed by atoms with Crippen LogP contribution in [0.15, 0.2) is 78.9 Å². The van der Waals surface area contributed by atoms with Gasteiger partial charge in [0.15, 0.2) is 5.78 Å². The van der Waals surface area contributed by atoms with Gasteiger partial charge in [-0.15, -0.1) is 0 Å². The van der Waals surface area contributed by atoms with E-state index in [2.05, 4.69) is 0 Å². The molecule has 0 amide bonds. The van der Waals surface area contributed by atoms with E-state index in [0.29, 0.717) is 25.4 Å². The summed E-state index contributed by atoms with van der Waals surface area (Å²) in [6.07, 6.45) is 1.55. The first kappa shape index (κ1) is 22.2. The molecule has 0 aliphatic carbocycles. The van der Waals surface area contributed by atoms with E-state index in [0.717, 1.165) is 28.2 Å². The van der Waals surface area contributed by atoms with Gasteiger partial charge in [-0.1, -0.05) is 24.3 Å². The van der Waals surface area contributed by atoms with Gasteiger partial charge in [-0.3, -0.25) is 4.79 Å². The van der Waals surface area contributed by atoms with E-state index in [1.54, 1.807) is 13.2 Å². The highest BCUT2D eigenvalue weighted by molar-refractivity contribution is 6.08. The number of allylic oxidation sites excluding steroid dienone is 2. The second-order valence-electron chi connectivity index (χ2n) is 7.00. The van der Waals surface area contributed by atoms with Crippen LogP contribution in [-0.4, -0.2) is 26.1 Å². The van der Waals surface area contributed by atoms with Gasteiger partial charge in [0.25, 0.3) is 0 Å². The average molecular weight is 420 g/mol. The minimum Gasteiger partial charge on any atom is -0.490 e. The molecule has 3 rings (SSSR count). The monoisotopic (exact) mass is 420 g/mol. The SMILES string of the molecule is COCc1ccc(OCCOc2ccc(/C(C)=C/C(=O)c3ccc(F)cc3)cc2)cc1. The molecule has 0 fully saturated rings. The van der Waals surface area contributed by atoms with Gasteiger partial charge in [0.1, 0.15) is 30.5 Å². The number of ether oxygens (including phenoxy) is 3. The molecule has 0 unspecified atom stereocenters. The van der Waals surface area contributed by atoms with Crippen LogP contribution < -0.4 is 9.47 Å². The summed E-state index contributed by atoms with van der Waals surface area (Å²) in [6, 6.07) is 20.8. The molecule has 0 saturated carbocycles. The Labute approximate surface area is 181 Å². The van der Waals surface area contributed by atoms with E-state index in [9.17, 15) is 9.18 Å². The molecule has 31 heavy (non-hydrogen) atoms. The lowest BCUT2D eigenvalue weighted by Gasteiger charge is -2.10. The van der Waals surface area contributed by atoms with Crippen LogP contribution >= 0.6 is 0 Å².